The number of rotatable bonds is 26. The van der Waals surface area contributed by atoms with Gasteiger partial charge in [-0.25, -0.2) is 4.79 Å². The van der Waals surface area contributed by atoms with Crippen molar-refractivity contribution in [2.45, 2.75) is 89.0 Å². The van der Waals surface area contributed by atoms with Crippen LogP contribution in [0.1, 0.15) is 57.9 Å². The largest absolute Gasteiger partial charge is 0.480 e. The molecule has 5 amide bonds. The molecule has 5 unspecified atom stereocenters. The summed E-state index contributed by atoms with van der Waals surface area (Å²) < 4.78 is 0. The Hall–Kier alpha value is -6.19. The number of carbonyl (C=O) groups is 6. The molecule has 0 radical (unpaired) electrons. The summed E-state index contributed by atoms with van der Waals surface area (Å²) in [5, 5.41) is 52.1. The third-order valence-electron chi connectivity index (χ3n) is 8.17. The minimum absolute atomic E-state index is 0.00253. The van der Waals surface area contributed by atoms with Crippen molar-refractivity contribution in [2.24, 2.45) is 28.9 Å². The van der Waals surface area contributed by atoms with Crippen LogP contribution < -0.4 is 65.5 Å². The average molecular weight is 790 g/mol. The van der Waals surface area contributed by atoms with E-state index < -0.39 is 78.2 Å². The van der Waals surface area contributed by atoms with E-state index in [9.17, 15) is 33.9 Å². The highest BCUT2D eigenvalue weighted by Crippen LogP contribution is 2.09. The van der Waals surface area contributed by atoms with Gasteiger partial charge in [-0.2, -0.15) is 0 Å². The fraction of sp³-hybridized carbons (Fsp3) is 0.559. The number of nitrogens with one attached hydrogen (secondary N) is 11. The highest BCUT2D eigenvalue weighted by molar-refractivity contribution is 5.96. The highest BCUT2D eigenvalue weighted by Gasteiger charge is 2.32. The van der Waals surface area contributed by atoms with Crippen LogP contribution in [0.25, 0.3) is 0 Å². The third kappa shape index (κ3) is 20.3. The second kappa shape index (κ2) is 25.8. The Labute approximate surface area is 325 Å². The molecule has 0 aliphatic carbocycles. The molecule has 56 heavy (non-hydrogen) atoms. The number of hydrogen-bond donors (Lipinski definition) is 16. The molecule has 5 atom stereocenters. The molecule has 0 spiro atoms. The Morgan fingerprint density at radius 2 is 1.09 bits per heavy atom. The summed E-state index contributed by atoms with van der Waals surface area (Å²) in [7, 11) is 0. The minimum atomic E-state index is -1.34. The van der Waals surface area contributed by atoms with E-state index in [4.69, 9.17) is 39.2 Å². The van der Waals surface area contributed by atoms with Crippen molar-refractivity contribution in [3.63, 3.8) is 0 Å². The Morgan fingerprint density at radius 1 is 0.625 bits per heavy atom. The smallest absolute Gasteiger partial charge is 0.326 e. The quantitative estimate of drug-likeness (QED) is 0.0243. The lowest BCUT2D eigenvalue weighted by molar-refractivity contribution is -0.142. The van der Waals surface area contributed by atoms with Gasteiger partial charge in [-0.3, -0.25) is 40.2 Å². The first-order valence-electron chi connectivity index (χ1n) is 18.1. The van der Waals surface area contributed by atoms with Crippen LogP contribution in [-0.2, 0) is 35.2 Å². The molecule has 22 heteroatoms. The topological polar surface area (TPSA) is 395 Å². The summed E-state index contributed by atoms with van der Waals surface area (Å²) in [4.78, 5) is 78.4. The number of hydrogen-bond acceptors (Lipinski definition) is 10. The Bertz CT molecular complexity index is 1500. The maximum absolute atomic E-state index is 13.9. The molecule has 0 aromatic heterocycles. The average Bonchev–Trinajstić information content (AvgIpc) is 3.13. The van der Waals surface area contributed by atoms with E-state index in [0.717, 1.165) is 0 Å². The van der Waals surface area contributed by atoms with Crippen LogP contribution in [0.15, 0.2) is 30.3 Å². The van der Waals surface area contributed by atoms with Gasteiger partial charge < -0.3 is 70.6 Å². The summed E-state index contributed by atoms with van der Waals surface area (Å²) in [6.07, 6.45) is 1.14. The van der Waals surface area contributed by atoms with Gasteiger partial charge in [-0.1, -0.05) is 44.2 Å². The predicted molar refractivity (Wildman–Crippen MR) is 209 cm³/mol. The predicted octanol–water partition coefficient (Wildman–Crippen LogP) is -3.86. The van der Waals surface area contributed by atoms with E-state index in [-0.39, 0.29) is 69.5 Å². The van der Waals surface area contributed by atoms with Crippen molar-refractivity contribution in [1.82, 2.24) is 42.5 Å². The summed E-state index contributed by atoms with van der Waals surface area (Å²) in [5.41, 5.74) is 22.4. The zero-order valence-corrected chi connectivity index (χ0v) is 31.8. The molecular weight excluding hydrogens is 730 g/mol. The molecule has 1 rings (SSSR count). The van der Waals surface area contributed by atoms with Crippen molar-refractivity contribution in [1.29, 1.82) is 16.2 Å². The van der Waals surface area contributed by atoms with E-state index in [1.807, 2.05) is 0 Å². The second-order valence-electron chi connectivity index (χ2n) is 13.3. The second-order valence-corrected chi connectivity index (χ2v) is 13.3. The maximum Gasteiger partial charge on any atom is 0.326 e. The number of guanidine groups is 3. The SMILES string of the molecule is CC(C)C(NC(=O)CNC(=O)C(N)CCCNC(=N)N)C(=O)NC(Cc1ccccc1)C(=O)NC(CCCNC(=N)N)C(=O)NC(CCCNC(=N)N)C(=O)O. The highest BCUT2D eigenvalue weighted by atomic mass is 16.4. The van der Waals surface area contributed by atoms with Gasteiger partial charge in [0.2, 0.25) is 29.5 Å². The minimum Gasteiger partial charge on any atom is -0.480 e. The molecular formula is C34H59N15O7. The van der Waals surface area contributed by atoms with Gasteiger partial charge in [0.1, 0.15) is 24.2 Å². The first kappa shape index (κ1) is 47.8. The van der Waals surface area contributed by atoms with E-state index in [0.29, 0.717) is 18.5 Å². The normalized spacial score (nSPS) is 13.4. The molecule has 0 aliphatic rings. The van der Waals surface area contributed by atoms with Crippen molar-refractivity contribution >= 4 is 53.4 Å². The fourth-order valence-corrected chi connectivity index (χ4v) is 5.18. The van der Waals surface area contributed by atoms with Gasteiger partial charge in [0.05, 0.1) is 12.6 Å². The molecule has 22 nitrogen and oxygen atoms in total. The lowest BCUT2D eigenvalue weighted by Crippen LogP contribution is -2.59. The van der Waals surface area contributed by atoms with Gasteiger partial charge in [-0.05, 0) is 50.0 Å². The zero-order valence-electron chi connectivity index (χ0n) is 31.8. The number of nitrogens with two attached hydrogens (primary N) is 4. The van der Waals surface area contributed by atoms with Crippen LogP contribution in [0.2, 0.25) is 0 Å². The Balaban J connectivity index is 3.15. The van der Waals surface area contributed by atoms with Crippen LogP contribution in [0.3, 0.4) is 0 Å². The molecule has 1 aromatic carbocycles. The maximum atomic E-state index is 13.9. The van der Waals surface area contributed by atoms with Crippen molar-refractivity contribution in [3.8, 4) is 0 Å². The van der Waals surface area contributed by atoms with Crippen LogP contribution in [0.5, 0.6) is 0 Å². The van der Waals surface area contributed by atoms with E-state index >= 15 is 0 Å². The van der Waals surface area contributed by atoms with Crippen molar-refractivity contribution < 1.29 is 33.9 Å². The third-order valence-corrected chi connectivity index (χ3v) is 8.17. The summed E-state index contributed by atoms with van der Waals surface area (Å²) >= 11 is 0. The molecule has 1 aromatic rings. The van der Waals surface area contributed by atoms with Crippen LogP contribution in [0.4, 0.5) is 0 Å². The summed E-state index contributed by atoms with van der Waals surface area (Å²) in [5.74, 6) is -6.19. The van der Waals surface area contributed by atoms with E-state index in [1.54, 1.807) is 44.2 Å². The molecule has 0 saturated carbocycles. The van der Waals surface area contributed by atoms with Crippen molar-refractivity contribution in [3.05, 3.63) is 35.9 Å². The standard InChI is InChI=1S/C34H59N15O7/c1-19(2)26(49-25(50)18-45-27(51)21(35)11-6-14-42-32(36)37)30(54)48-24(17-20-9-4-3-5-10-20)29(53)46-22(12-7-15-43-33(38)39)28(52)47-23(31(55)56)13-8-16-44-34(40)41/h3-5,9-10,19,21-24,26H,6-8,11-18,35H2,1-2H3,(H,45,51)(H,46,53)(H,47,52)(H,48,54)(H,49,50)(H,55,56)(H4,36,37,42)(H4,38,39,43)(H4,40,41,44). The fourth-order valence-electron chi connectivity index (χ4n) is 5.18. The monoisotopic (exact) mass is 789 g/mol. The molecule has 20 N–H and O–H groups in total. The van der Waals surface area contributed by atoms with E-state index in [2.05, 4.69) is 42.5 Å². The summed E-state index contributed by atoms with van der Waals surface area (Å²) in [6, 6.07) is 2.75. The molecule has 312 valence electrons. The zero-order chi connectivity index (χ0) is 42.2. The molecule has 0 saturated heterocycles. The number of amides is 5. The molecule has 0 aliphatic heterocycles. The Morgan fingerprint density at radius 3 is 1.59 bits per heavy atom. The van der Waals surface area contributed by atoms with Gasteiger partial charge in [0, 0.05) is 26.1 Å². The number of carboxylic acids is 1. The first-order valence-corrected chi connectivity index (χ1v) is 18.1. The Kier molecular flexibility index (Phi) is 22.0. The number of carbonyl (C=O) groups excluding carboxylic acids is 5. The van der Waals surface area contributed by atoms with Crippen molar-refractivity contribution in [2.75, 3.05) is 26.2 Å². The number of aliphatic carboxylic acids is 1. The summed E-state index contributed by atoms with van der Waals surface area (Å²) in [6.45, 7) is 3.55. The van der Waals surface area contributed by atoms with E-state index in [1.165, 1.54) is 0 Å². The van der Waals surface area contributed by atoms with Crippen LogP contribution >= 0.6 is 0 Å². The number of benzene rings is 1. The first-order chi connectivity index (χ1) is 26.4. The van der Waals surface area contributed by atoms with Gasteiger partial charge in [0.15, 0.2) is 17.9 Å². The van der Waals surface area contributed by atoms with Crippen LogP contribution in [0, 0.1) is 22.1 Å². The molecule has 0 fully saturated rings. The lowest BCUT2D eigenvalue weighted by atomic mass is 10.0. The van der Waals surface area contributed by atoms with Gasteiger partial charge >= 0.3 is 5.97 Å². The number of carboxylic acid groups (broad SMARTS) is 1. The molecule has 0 heterocycles. The van der Waals surface area contributed by atoms with Crippen LogP contribution in [-0.4, -0.2) is 115 Å². The van der Waals surface area contributed by atoms with Gasteiger partial charge in [0.25, 0.3) is 0 Å². The van der Waals surface area contributed by atoms with Gasteiger partial charge in [-0.15, -0.1) is 0 Å². The molecule has 0 bridgehead atoms. The lowest BCUT2D eigenvalue weighted by Gasteiger charge is -2.27.